The number of aromatic carboxylic acids is 1. The van der Waals surface area contributed by atoms with E-state index >= 15 is 4.39 Å². The summed E-state index contributed by atoms with van der Waals surface area (Å²) >= 11 is 0. The van der Waals surface area contributed by atoms with Crippen molar-refractivity contribution in [1.29, 1.82) is 0 Å². The van der Waals surface area contributed by atoms with E-state index in [9.17, 15) is 19.1 Å². The Kier molecular flexibility index (Phi) is 5.59. The molecule has 3 heterocycles. The minimum Gasteiger partial charge on any atom is -0.477 e. The molecule has 0 unspecified atom stereocenters. The van der Waals surface area contributed by atoms with Crippen molar-refractivity contribution in [2.24, 2.45) is 0 Å². The first-order chi connectivity index (χ1) is 16.8. The van der Waals surface area contributed by atoms with Gasteiger partial charge in [-0.25, -0.2) is 13.6 Å². The van der Waals surface area contributed by atoms with Crippen molar-refractivity contribution in [1.82, 2.24) is 9.55 Å². The second-order valence-corrected chi connectivity index (χ2v) is 8.63. The molecule has 1 aliphatic carbocycles. The van der Waals surface area contributed by atoms with Gasteiger partial charge in [-0.3, -0.25) is 9.78 Å². The second-order valence-electron chi connectivity index (χ2n) is 8.63. The minimum atomic E-state index is -1.34. The van der Waals surface area contributed by atoms with Crippen molar-refractivity contribution in [2.45, 2.75) is 39.2 Å². The van der Waals surface area contributed by atoms with Crippen LogP contribution in [0.4, 0.5) is 8.78 Å². The zero-order chi connectivity index (χ0) is 24.9. The average Bonchev–Trinajstić information content (AvgIpc) is 3.45. The first-order valence-corrected chi connectivity index (χ1v) is 11.3. The molecule has 8 heteroatoms. The van der Waals surface area contributed by atoms with Crippen molar-refractivity contribution >= 4 is 39.2 Å². The van der Waals surface area contributed by atoms with Crippen LogP contribution in [0.1, 0.15) is 60.0 Å². The van der Waals surface area contributed by atoms with Crippen LogP contribution < -0.4 is 0 Å². The van der Waals surface area contributed by atoms with Crippen molar-refractivity contribution in [3.05, 3.63) is 83.0 Å². The minimum absolute atomic E-state index is 0.0436. The van der Waals surface area contributed by atoms with Gasteiger partial charge in [0.25, 0.3) is 0 Å². The third-order valence-electron chi connectivity index (χ3n) is 6.27. The molecular formula is C27H22F2N2O4. The first-order valence-electron chi connectivity index (χ1n) is 11.3. The van der Waals surface area contributed by atoms with E-state index in [2.05, 4.69) is 4.98 Å². The predicted octanol–water partition coefficient (Wildman–Crippen LogP) is 6.23. The van der Waals surface area contributed by atoms with Crippen LogP contribution in [0.2, 0.25) is 0 Å². The number of Topliss-reactive ketones (excluding diaryl/α,β-unsaturated/α-hetero) is 1. The standard InChI is InChI=1S/C27H22F2N2O4/c1-3-4-5-16(14(2)32)23-24-22(12-19(29)17-10-11-35-26(17)24)31(25(23)27(33)34)13-21-18(28)8-9-20(30-21)15-6-7-15/h3-5,8-12,15H,6-7,13H2,1-2H3,(H,33,34)/b4-3-,16-5+. The molecule has 0 radical (unpaired) electrons. The molecule has 0 spiro atoms. The number of allylic oxidation sites excluding steroid dienone is 4. The highest BCUT2D eigenvalue weighted by atomic mass is 19.1. The molecule has 4 aromatic rings. The lowest BCUT2D eigenvalue weighted by molar-refractivity contribution is -0.111. The molecule has 178 valence electrons. The molecule has 1 N–H and O–H groups in total. The Hall–Kier alpha value is -4.07. The van der Waals surface area contributed by atoms with Crippen LogP contribution in [0.3, 0.4) is 0 Å². The number of carbonyl (C=O) groups is 2. The third kappa shape index (κ3) is 3.84. The smallest absolute Gasteiger partial charge is 0.353 e. The van der Waals surface area contributed by atoms with Gasteiger partial charge in [-0.05, 0) is 51.0 Å². The number of carboxylic acid groups (broad SMARTS) is 1. The zero-order valence-corrected chi connectivity index (χ0v) is 19.1. The number of aromatic nitrogens is 2. The van der Waals surface area contributed by atoms with Crippen molar-refractivity contribution in [3.8, 4) is 0 Å². The lowest BCUT2D eigenvalue weighted by atomic mass is 9.97. The van der Waals surface area contributed by atoms with Gasteiger partial charge in [0, 0.05) is 22.7 Å². The number of halogens is 2. The van der Waals surface area contributed by atoms with Crippen molar-refractivity contribution in [2.75, 3.05) is 0 Å². The quantitative estimate of drug-likeness (QED) is 0.252. The fourth-order valence-corrected chi connectivity index (χ4v) is 4.49. The Morgan fingerprint density at radius 3 is 2.66 bits per heavy atom. The Morgan fingerprint density at radius 2 is 2.00 bits per heavy atom. The number of hydrogen-bond donors (Lipinski definition) is 1. The van der Waals surface area contributed by atoms with Crippen molar-refractivity contribution in [3.63, 3.8) is 0 Å². The number of carboxylic acids is 1. The molecule has 1 fully saturated rings. The Bertz CT molecular complexity index is 1570. The molecule has 35 heavy (non-hydrogen) atoms. The lowest BCUT2D eigenvalue weighted by Gasteiger charge is -2.11. The van der Waals surface area contributed by atoms with Crippen LogP contribution in [-0.4, -0.2) is 26.4 Å². The summed E-state index contributed by atoms with van der Waals surface area (Å²) in [6, 6.07) is 5.59. The maximum Gasteiger partial charge on any atom is 0.353 e. The van der Waals surface area contributed by atoms with Crippen LogP contribution in [0.15, 0.2) is 53.2 Å². The number of hydrogen-bond acceptors (Lipinski definition) is 4. The van der Waals surface area contributed by atoms with E-state index in [1.165, 1.54) is 42.0 Å². The van der Waals surface area contributed by atoms with Crippen LogP contribution in [-0.2, 0) is 11.3 Å². The van der Waals surface area contributed by atoms with Crippen molar-refractivity contribution < 1.29 is 27.9 Å². The molecule has 1 aromatic carbocycles. The van der Waals surface area contributed by atoms with E-state index in [-0.39, 0.29) is 62.6 Å². The second kappa shape index (κ2) is 8.61. The predicted molar refractivity (Wildman–Crippen MR) is 127 cm³/mol. The topological polar surface area (TPSA) is 85.3 Å². The number of rotatable bonds is 7. The summed E-state index contributed by atoms with van der Waals surface area (Å²) < 4.78 is 36.7. The summed E-state index contributed by atoms with van der Waals surface area (Å²) in [5.74, 6) is -2.68. The van der Waals surface area contributed by atoms with Gasteiger partial charge in [-0.1, -0.05) is 18.2 Å². The number of carbonyl (C=O) groups excluding carboxylic acids is 1. The summed E-state index contributed by atoms with van der Waals surface area (Å²) in [6.45, 7) is 2.83. The largest absolute Gasteiger partial charge is 0.477 e. The van der Waals surface area contributed by atoms with E-state index in [0.717, 1.165) is 18.5 Å². The SMILES string of the molecule is C/C=C\C=C(/C(C)=O)c1c(C(=O)O)n(Cc2nc(C3CC3)ccc2F)c2cc(F)c3ccoc3c12. The van der Waals surface area contributed by atoms with Gasteiger partial charge in [-0.15, -0.1) is 0 Å². The molecule has 5 rings (SSSR count). The number of benzene rings is 1. The number of furan rings is 1. The van der Waals surface area contributed by atoms with Gasteiger partial charge in [0.1, 0.15) is 22.9 Å². The maximum atomic E-state index is 15.0. The van der Waals surface area contributed by atoms with Gasteiger partial charge in [0.2, 0.25) is 0 Å². The molecule has 1 aliphatic rings. The highest BCUT2D eigenvalue weighted by Gasteiger charge is 2.31. The Balaban J connectivity index is 1.87. The number of pyridine rings is 1. The molecule has 0 saturated heterocycles. The summed E-state index contributed by atoms with van der Waals surface area (Å²) in [6.07, 6.45) is 8.07. The van der Waals surface area contributed by atoms with Gasteiger partial charge in [0.15, 0.2) is 5.78 Å². The molecular weight excluding hydrogens is 454 g/mol. The Morgan fingerprint density at radius 1 is 1.23 bits per heavy atom. The monoisotopic (exact) mass is 476 g/mol. The van der Waals surface area contributed by atoms with Gasteiger partial charge >= 0.3 is 5.97 Å². The molecule has 1 saturated carbocycles. The normalized spacial score (nSPS) is 14.5. The average molecular weight is 476 g/mol. The fraction of sp³-hybridized carbons (Fsp3) is 0.222. The summed E-state index contributed by atoms with van der Waals surface area (Å²) in [5.41, 5.74) is 1.01. The zero-order valence-electron chi connectivity index (χ0n) is 19.1. The van der Waals surface area contributed by atoms with E-state index < -0.39 is 17.6 Å². The van der Waals surface area contributed by atoms with Gasteiger partial charge < -0.3 is 14.1 Å². The fourth-order valence-electron chi connectivity index (χ4n) is 4.49. The number of nitrogens with zero attached hydrogens (tertiary/aromatic N) is 2. The molecule has 6 nitrogen and oxygen atoms in total. The summed E-state index contributed by atoms with van der Waals surface area (Å²) in [7, 11) is 0. The maximum absolute atomic E-state index is 15.0. The molecule has 0 amide bonds. The van der Waals surface area contributed by atoms with E-state index in [1.54, 1.807) is 25.1 Å². The highest BCUT2D eigenvalue weighted by Crippen LogP contribution is 2.41. The van der Waals surface area contributed by atoms with E-state index in [4.69, 9.17) is 4.42 Å². The van der Waals surface area contributed by atoms with E-state index in [1.807, 2.05) is 0 Å². The van der Waals surface area contributed by atoms with Gasteiger partial charge in [-0.2, -0.15) is 0 Å². The van der Waals surface area contributed by atoms with Crippen LogP contribution in [0.25, 0.3) is 27.4 Å². The Labute approximate surface area is 199 Å². The molecule has 0 aliphatic heterocycles. The van der Waals surface area contributed by atoms with Crippen LogP contribution in [0, 0.1) is 11.6 Å². The van der Waals surface area contributed by atoms with Crippen LogP contribution in [0.5, 0.6) is 0 Å². The molecule has 3 aromatic heterocycles. The molecule has 0 bridgehead atoms. The third-order valence-corrected chi connectivity index (χ3v) is 6.27. The lowest BCUT2D eigenvalue weighted by Crippen LogP contribution is -2.14. The highest BCUT2D eigenvalue weighted by molar-refractivity contribution is 6.28. The number of ketones is 1. The summed E-state index contributed by atoms with van der Waals surface area (Å²) in [4.78, 5) is 29.7. The molecule has 0 atom stereocenters. The van der Waals surface area contributed by atoms with E-state index in [0.29, 0.717) is 0 Å². The number of fused-ring (bicyclic) bond motifs is 3. The van der Waals surface area contributed by atoms with Crippen LogP contribution >= 0.6 is 0 Å². The summed E-state index contributed by atoms with van der Waals surface area (Å²) in [5, 5.41) is 10.7. The first kappa shape index (κ1) is 22.7. The van der Waals surface area contributed by atoms with Gasteiger partial charge in [0.05, 0.1) is 34.8 Å².